The van der Waals surface area contributed by atoms with Crippen LogP contribution in [0.4, 0.5) is 0 Å². The highest BCUT2D eigenvalue weighted by atomic mass is 32.2. The number of nitrogens with zero attached hydrogens (tertiary/aromatic N) is 5. The number of benzene rings is 2. The van der Waals surface area contributed by atoms with Crippen molar-refractivity contribution in [3.05, 3.63) is 83.0 Å². The zero-order valence-corrected chi connectivity index (χ0v) is 19.2. The molecule has 0 saturated heterocycles. The van der Waals surface area contributed by atoms with Gasteiger partial charge in [0.15, 0.2) is 9.99 Å². The zero-order chi connectivity index (χ0) is 22.6. The van der Waals surface area contributed by atoms with Crippen LogP contribution < -0.4 is 10.9 Å². The molecular formula is C23H20N6O2S2. The van der Waals surface area contributed by atoms with Crippen LogP contribution in [0.2, 0.25) is 0 Å². The lowest BCUT2D eigenvalue weighted by Gasteiger charge is -2.07. The number of thioether (sulfide) groups is 1. The van der Waals surface area contributed by atoms with E-state index in [1.165, 1.54) is 18.0 Å². The number of para-hydroxylation sites is 1. The summed E-state index contributed by atoms with van der Waals surface area (Å²) in [6, 6.07) is 17.7. The molecule has 1 amide bonds. The van der Waals surface area contributed by atoms with Crippen molar-refractivity contribution in [2.24, 2.45) is 0 Å². The number of hydrogen-bond donors (Lipinski definition) is 1. The lowest BCUT2D eigenvalue weighted by atomic mass is 10.2. The molecule has 3 aromatic heterocycles. The fraction of sp³-hybridized carbons (Fsp3) is 0.174. The largest absolute Gasteiger partial charge is 0.354 e. The Morgan fingerprint density at radius 2 is 1.91 bits per heavy atom. The van der Waals surface area contributed by atoms with E-state index in [0.29, 0.717) is 36.4 Å². The summed E-state index contributed by atoms with van der Waals surface area (Å²) in [4.78, 5) is 34.0. The van der Waals surface area contributed by atoms with Crippen LogP contribution in [-0.4, -0.2) is 42.5 Å². The highest BCUT2D eigenvalue weighted by Crippen LogP contribution is 2.28. The first kappa shape index (κ1) is 21.4. The molecule has 0 aliphatic carbocycles. The van der Waals surface area contributed by atoms with E-state index in [9.17, 15) is 9.59 Å². The van der Waals surface area contributed by atoms with Gasteiger partial charge in [0.1, 0.15) is 11.7 Å². The molecule has 0 saturated carbocycles. The number of fused-ring (bicyclic) bond motifs is 2. The van der Waals surface area contributed by atoms with E-state index in [1.807, 2.05) is 54.6 Å². The van der Waals surface area contributed by atoms with Crippen molar-refractivity contribution in [3.63, 3.8) is 0 Å². The van der Waals surface area contributed by atoms with Gasteiger partial charge in [-0.15, -0.1) is 11.3 Å². The Balaban J connectivity index is 1.17. The lowest BCUT2D eigenvalue weighted by Crippen LogP contribution is -2.29. The van der Waals surface area contributed by atoms with Gasteiger partial charge >= 0.3 is 0 Å². The molecule has 0 radical (unpaired) electrons. The molecule has 0 atom stereocenters. The van der Waals surface area contributed by atoms with Gasteiger partial charge in [-0.05, 0) is 17.7 Å². The van der Waals surface area contributed by atoms with E-state index in [-0.39, 0.29) is 11.5 Å². The van der Waals surface area contributed by atoms with Crippen LogP contribution in [0.3, 0.4) is 0 Å². The Hall–Kier alpha value is -3.50. The summed E-state index contributed by atoms with van der Waals surface area (Å²) in [7, 11) is 0. The van der Waals surface area contributed by atoms with Crippen LogP contribution in [0.1, 0.15) is 5.56 Å². The minimum Gasteiger partial charge on any atom is -0.354 e. The fourth-order valence-corrected chi connectivity index (χ4v) is 5.34. The molecule has 0 unspecified atom stereocenters. The minimum absolute atomic E-state index is 0.0751. The third-order valence-electron chi connectivity index (χ3n) is 5.06. The predicted molar refractivity (Wildman–Crippen MR) is 131 cm³/mol. The smallest absolute Gasteiger partial charge is 0.264 e. The van der Waals surface area contributed by atoms with E-state index in [2.05, 4.69) is 20.4 Å². The quantitative estimate of drug-likeness (QED) is 0.346. The van der Waals surface area contributed by atoms with Gasteiger partial charge in [0.2, 0.25) is 5.91 Å². The monoisotopic (exact) mass is 476 g/mol. The van der Waals surface area contributed by atoms with Crippen LogP contribution in [0, 0.1) is 0 Å². The van der Waals surface area contributed by atoms with Crippen molar-refractivity contribution in [1.82, 2.24) is 29.6 Å². The molecule has 0 bridgehead atoms. The predicted octanol–water partition coefficient (Wildman–Crippen LogP) is 3.16. The molecule has 33 heavy (non-hydrogen) atoms. The molecule has 2 aromatic carbocycles. The van der Waals surface area contributed by atoms with Crippen LogP contribution in [0.15, 0.2) is 76.3 Å². The summed E-state index contributed by atoms with van der Waals surface area (Å²) < 4.78 is 5.21. The van der Waals surface area contributed by atoms with Gasteiger partial charge in [-0.1, -0.05) is 54.2 Å². The summed E-state index contributed by atoms with van der Waals surface area (Å²) in [5.41, 5.74) is 2.36. The summed E-state index contributed by atoms with van der Waals surface area (Å²) >= 11 is 3.01. The Bertz CT molecular complexity index is 1440. The molecular weight excluding hydrogens is 456 g/mol. The Morgan fingerprint density at radius 3 is 2.76 bits per heavy atom. The van der Waals surface area contributed by atoms with Crippen molar-refractivity contribution >= 4 is 50.3 Å². The number of carbonyl (C=O) groups is 1. The Kier molecular flexibility index (Phi) is 6.18. The van der Waals surface area contributed by atoms with Gasteiger partial charge in [-0.25, -0.2) is 14.6 Å². The van der Waals surface area contributed by atoms with Crippen LogP contribution in [0.25, 0.3) is 21.3 Å². The number of hydrogen-bond acceptors (Lipinski definition) is 7. The number of rotatable bonds is 8. The molecule has 5 aromatic rings. The van der Waals surface area contributed by atoms with E-state index in [0.717, 1.165) is 20.1 Å². The lowest BCUT2D eigenvalue weighted by molar-refractivity contribution is -0.118. The summed E-state index contributed by atoms with van der Waals surface area (Å²) in [5.74, 6) is 0.219. The first-order chi connectivity index (χ1) is 16.2. The minimum atomic E-state index is -0.133. The molecule has 0 fully saturated rings. The van der Waals surface area contributed by atoms with E-state index in [1.54, 1.807) is 26.9 Å². The average molecular weight is 477 g/mol. The third kappa shape index (κ3) is 4.81. The standard InChI is InChI=1S/C23H20N6O2S2/c30-20(14-32-23-27-18-8-4-5-9-19(18)33-23)24-10-11-29-21-17(12-26-29)22(31)28(15-25-21)13-16-6-2-1-3-7-16/h1-9,12,15H,10-11,13-14H2,(H,24,30). The summed E-state index contributed by atoms with van der Waals surface area (Å²) in [6.07, 6.45) is 3.08. The SMILES string of the molecule is O=C(CSc1nc2ccccc2s1)NCCn1ncc2c(=O)n(Cc3ccccc3)cnc21. The highest BCUT2D eigenvalue weighted by Gasteiger charge is 2.11. The third-order valence-corrected chi connectivity index (χ3v) is 7.24. The zero-order valence-electron chi connectivity index (χ0n) is 17.5. The molecule has 0 spiro atoms. The van der Waals surface area contributed by atoms with E-state index in [4.69, 9.17) is 0 Å². The molecule has 10 heteroatoms. The molecule has 1 N–H and O–H groups in total. The number of aromatic nitrogens is 5. The van der Waals surface area contributed by atoms with Crippen molar-refractivity contribution < 1.29 is 4.79 Å². The number of carbonyl (C=O) groups excluding carboxylic acids is 1. The molecule has 3 heterocycles. The normalized spacial score (nSPS) is 11.3. The van der Waals surface area contributed by atoms with Gasteiger partial charge in [0.05, 0.1) is 35.3 Å². The second-order valence-electron chi connectivity index (χ2n) is 7.35. The van der Waals surface area contributed by atoms with Crippen LogP contribution in [0.5, 0.6) is 0 Å². The van der Waals surface area contributed by atoms with Crippen molar-refractivity contribution in [1.29, 1.82) is 0 Å². The molecule has 5 rings (SSSR count). The van der Waals surface area contributed by atoms with Crippen LogP contribution >= 0.6 is 23.1 Å². The molecule has 166 valence electrons. The first-order valence-corrected chi connectivity index (χ1v) is 12.2. The van der Waals surface area contributed by atoms with Gasteiger partial charge in [0.25, 0.3) is 5.56 Å². The molecule has 0 aliphatic heterocycles. The number of amides is 1. The van der Waals surface area contributed by atoms with E-state index < -0.39 is 0 Å². The maximum absolute atomic E-state index is 12.8. The number of thiazole rings is 1. The second kappa shape index (κ2) is 9.55. The maximum Gasteiger partial charge on any atom is 0.264 e. The first-order valence-electron chi connectivity index (χ1n) is 10.4. The van der Waals surface area contributed by atoms with Gasteiger partial charge in [-0.3, -0.25) is 14.2 Å². The average Bonchev–Trinajstić information content (AvgIpc) is 3.44. The van der Waals surface area contributed by atoms with E-state index >= 15 is 0 Å². The maximum atomic E-state index is 12.8. The van der Waals surface area contributed by atoms with Gasteiger partial charge in [0, 0.05) is 6.54 Å². The summed E-state index contributed by atoms with van der Waals surface area (Å²) in [6.45, 7) is 1.27. The van der Waals surface area contributed by atoms with Crippen molar-refractivity contribution in [3.8, 4) is 0 Å². The van der Waals surface area contributed by atoms with Crippen molar-refractivity contribution in [2.75, 3.05) is 12.3 Å². The van der Waals surface area contributed by atoms with Gasteiger partial charge < -0.3 is 5.32 Å². The summed E-state index contributed by atoms with van der Waals surface area (Å²) in [5, 5.41) is 7.65. The molecule has 0 aliphatic rings. The topological polar surface area (TPSA) is 94.7 Å². The Morgan fingerprint density at radius 1 is 1.09 bits per heavy atom. The van der Waals surface area contributed by atoms with Crippen molar-refractivity contribution in [2.45, 2.75) is 17.4 Å². The molecule has 8 nitrogen and oxygen atoms in total. The van der Waals surface area contributed by atoms with Gasteiger partial charge in [-0.2, -0.15) is 5.10 Å². The second-order valence-corrected chi connectivity index (χ2v) is 9.61. The highest BCUT2D eigenvalue weighted by molar-refractivity contribution is 8.01. The van der Waals surface area contributed by atoms with Crippen LogP contribution in [-0.2, 0) is 17.9 Å². The number of nitrogens with one attached hydrogen (secondary N) is 1. The fourth-order valence-electron chi connectivity index (χ4n) is 3.45. The Labute approximate surface area is 197 Å².